The minimum atomic E-state index is -0.500. The highest BCUT2D eigenvalue weighted by Crippen LogP contribution is 2.32. The Hall–Kier alpha value is -2.84. The van der Waals surface area contributed by atoms with Crippen molar-refractivity contribution in [3.63, 3.8) is 0 Å². The maximum atomic E-state index is 12.5. The molecule has 1 aliphatic rings. The lowest BCUT2D eigenvalue weighted by Gasteiger charge is -2.33. The van der Waals surface area contributed by atoms with Crippen molar-refractivity contribution in [3.05, 3.63) is 57.1 Å². The summed E-state index contributed by atoms with van der Waals surface area (Å²) in [6, 6.07) is 10.7. The van der Waals surface area contributed by atoms with Gasteiger partial charge >= 0.3 is 5.69 Å². The van der Waals surface area contributed by atoms with Gasteiger partial charge in [0, 0.05) is 17.8 Å². The number of quaternary nitrogens is 1. The fraction of sp³-hybridized carbons (Fsp3) is 0.350. The number of nitro benzene ring substituents is 1. The number of anilines is 2. The molecule has 1 heterocycles. The van der Waals surface area contributed by atoms with E-state index >= 15 is 0 Å². The summed E-state index contributed by atoms with van der Waals surface area (Å²) in [6.45, 7) is 5.32. The Balaban J connectivity index is 1.58. The van der Waals surface area contributed by atoms with Crippen LogP contribution < -0.4 is 19.9 Å². The van der Waals surface area contributed by atoms with E-state index in [-0.39, 0.29) is 17.3 Å². The quantitative estimate of drug-likeness (QED) is 0.551. The Kier molecular flexibility index (Phi) is 6.56. The van der Waals surface area contributed by atoms with E-state index in [1.165, 1.54) is 24.1 Å². The molecule has 0 aromatic heterocycles. The Morgan fingerprint density at radius 2 is 2.00 bits per heavy atom. The maximum absolute atomic E-state index is 12.5. The van der Waals surface area contributed by atoms with Gasteiger partial charge in [-0.1, -0.05) is 23.7 Å². The lowest BCUT2D eigenvalue weighted by Crippen LogP contribution is -3.15. The first-order chi connectivity index (χ1) is 13.9. The average Bonchev–Trinajstić information content (AvgIpc) is 2.70. The molecule has 1 fully saturated rings. The molecular weight excluding hydrogens is 396 g/mol. The topological polar surface area (TPSA) is 89.2 Å². The molecule has 9 heteroatoms. The van der Waals surface area contributed by atoms with Crippen LogP contribution in [0.15, 0.2) is 36.4 Å². The highest BCUT2D eigenvalue weighted by atomic mass is 35.5. The molecule has 0 unspecified atom stereocenters. The number of amides is 1. The molecule has 154 valence electrons. The standard InChI is InChI=1S/C20H23ClN4O4/c1-14-11-18(25(27)28)19(29-2)12-16(14)22-20(26)13-23-7-9-24(10-8-23)17-6-4-3-5-15(17)21/h3-6,11-12H,7-10,13H2,1-2H3,(H,22,26)/p+1. The number of hydrogen-bond acceptors (Lipinski definition) is 5. The second-order valence-electron chi connectivity index (χ2n) is 7.01. The third kappa shape index (κ3) is 4.96. The fourth-order valence-corrected chi connectivity index (χ4v) is 3.74. The third-order valence-corrected chi connectivity index (χ3v) is 5.39. The highest BCUT2D eigenvalue weighted by Gasteiger charge is 2.24. The summed E-state index contributed by atoms with van der Waals surface area (Å²) >= 11 is 6.27. The van der Waals surface area contributed by atoms with Gasteiger partial charge in [0.15, 0.2) is 12.3 Å². The molecule has 2 aromatic carbocycles. The van der Waals surface area contributed by atoms with Gasteiger partial charge < -0.3 is 19.9 Å². The molecule has 1 saturated heterocycles. The van der Waals surface area contributed by atoms with Gasteiger partial charge in [0.1, 0.15) is 0 Å². The number of hydrogen-bond donors (Lipinski definition) is 2. The van der Waals surface area contributed by atoms with E-state index in [0.29, 0.717) is 17.8 Å². The van der Waals surface area contributed by atoms with E-state index in [2.05, 4.69) is 10.2 Å². The van der Waals surface area contributed by atoms with Crippen molar-refractivity contribution in [1.82, 2.24) is 0 Å². The molecule has 0 atom stereocenters. The van der Waals surface area contributed by atoms with Gasteiger partial charge in [0.2, 0.25) is 0 Å². The molecule has 2 aromatic rings. The predicted molar refractivity (Wildman–Crippen MR) is 112 cm³/mol. The van der Waals surface area contributed by atoms with E-state index in [0.717, 1.165) is 36.9 Å². The smallest absolute Gasteiger partial charge is 0.311 e. The van der Waals surface area contributed by atoms with Crippen molar-refractivity contribution >= 4 is 34.6 Å². The molecule has 0 bridgehead atoms. The van der Waals surface area contributed by atoms with Crippen LogP contribution in [0, 0.1) is 17.0 Å². The average molecular weight is 420 g/mol. The van der Waals surface area contributed by atoms with Crippen molar-refractivity contribution in [2.75, 3.05) is 50.1 Å². The summed E-state index contributed by atoms with van der Waals surface area (Å²) in [7, 11) is 1.37. The third-order valence-electron chi connectivity index (χ3n) is 5.07. The number of rotatable bonds is 6. The van der Waals surface area contributed by atoms with Crippen LogP contribution in [0.5, 0.6) is 5.75 Å². The Morgan fingerprint density at radius 1 is 1.31 bits per heavy atom. The second-order valence-corrected chi connectivity index (χ2v) is 7.42. The summed E-state index contributed by atoms with van der Waals surface area (Å²) in [5.41, 5.74) is 2.03. The van der Waals surface area contributed by atoms with Gasteiger partial charge in [-0.3, -0.25) is 14.9 Å². The molecule has 3 rings (SSSR count). The van der Waals surface area contributed by atoms with E-state index in [4.69, 9.17) is 16.3 Å². The van der Waals surface area contributed by atoms with Gasteiger partial charge in [-0.25, -0.2) is 0 Å². The maximum Gasteiger partial charge on any atom is 0.311 e. The van der Waals surface area contributed by atoms with E-state index in [1.807, 2.05) is 24.3 Å². The lowest BCUT2D eigenvalue weighted by molar-refractivity contribution is -0.892. The molecule has 0 spiro atoms. The normalized spacial score (nSPS) is 14.5. The number of para-hydroxylation sites is 1. The van der Waals surface area contributed by atoms with Crippen LogP contribution in [0.2, 0.25) is 5.02 Å². The number of nitro groups is 1. The number of nitrogens with zero attached hydrogens (tertiary/aromatic N) is 2. The molecule has 2 N–H and O–H groups in total. The molecular formula is C20H24ClN4O4+. The van der Waals surface area contributed by atoms with Crippen LogP contribution in [-0.2, 0) is 4.79 Å². The molecule has 8 nitrogen and oxygen atoms in total. The van der Waals surface area contributed by atoms with Crippen LogP contribution in [0.25, 0.3) is 0 Å². The molecule has 1 amide bonds. The number of carbonyl (C=O) groups excluding carboxylic acids is 1. The van der Waals surface area contributed by atoms with Crippen molar-refractivity contribution in [3.8, 4) is 5.75 Å². The molecule has 29 heavy (non-hydrogen) atoms. The number of aryl methyl sites for hydroxylation is 1. The molecule has 0 saturated carbocycles. The van der Waals surface area contributed by atoms with E-state index < -0.39 is 4.92 Å². The van der Waals surface area contributed by atoms with Gasteiger partial charge in [0.05, 0.1) is 48.9 Å². The summed E-state index contributed by atoms with van der Waals surface area (Å²) in [5.74, 6) is -0.0122. The fourth-order valence-electron chi connectivity index (χ4n) is 3.48. The summed E-state index contributed by atoms with van der Waals surface area (Å²) in [5, 5.41) is 14.7. The van der Waals surface area contributed by atoms with Crippen LogP contribution in [0.1, 0.15) is 5.56 Å². The number of benzene rings is 2. The van der Waals surface area contributed by atoms with Gasteiger partial charge in [-0.15, -0.1) is 0 Å². The van der Waals surface area contributed by atoms with Gasteiger partial charge in [0.25, 0.3) is 5.91 Å². The highest BCUT2D eigenvalue weighted by molar-refractivity contribution is 6.33. The summed E-state index contributed by atoms with van der Waals surface area (Å²) < 4.78 is 5.08. The zero-order chi connectivity index (χ0) is 21.0. The first-order valence-electron chi connectivity index (χ1n) is 9.35. The molecule has 0 aliphatic carbocycles. The van der Waals surface area contributed by atoms with Crippen LogP contribution >= 0.6 is 11.6 Å². The first-order valence-corrected chi connectivity index (χ1v) is 9.72. The van der Waals surface area contributed by atoms with Crippen molar-refractivity contribution in [1.29, 1.82) is 0 Å². The second kappa shape index (κ2) is 9.11. The molecule has 0 radical (unpaired) electrons. The number of nitrogens with one attached hydrogen (secondary N) is 2. The summed E-state index contributed by atoms with van der Waals surface area (Å²) in [4.78, 5) is 26.5. The monoisotopic (exact) mass is 419 g/mol. The largest absolute Gasteiger partial charge is 0.490 e. The van der Waals surface area contributed by atoms with Crippen molar-refractivity contribution in [2.24, 2.45) is 0 Å². The number of methoxy groups -OCH3 is 1. The van der Waals surface area contributed by atoms with Gasteiger partial charge in [-0.05, 0) is 24.6 Å². The van der Waals surface area contributed by atoms with Crippen LogP contribution in [0.3, 0.4) is 0 Å². The van der Waals surface area contributed by atoms with E-state index in [1.54, 1.807) is 6.92 Å². The van der Waals surface area contributed by atoms with Crippen LogP contribution in [-0.4, -0.2) is 50.7 Å². The number of carbonyl (C=O) groups is 1. The number of halogens is 1. The summed E-state index contributed by atoms with van der Waals surface area (Å²) in [6.07, 6.45) is 0. The molecule has 1 aliphatic heterocycles. The van der Waals surface area contributed by atoms with E-state index in [9.17, 15) is 14.9 Å². The minimum Gasteiger partial charge on any atom is -0.490 e. The van der Waals surface area contributed by atoms with Crippen molar-refractivity contribution < 1.29 is 19.4 Å². The van der Waals surface area contributed by atoms with Crippen molar-refractivity contribution in [2.45, 2.75) is 6.92 Å². The lowest BCUT2D eigenvalue weighted by atomic mass is 10.1. The SMILES string of the molecule is COc1cc(NC(=O)C[NH+]2CCN(c3ccccc3Cl)CC2)c(C)cc1[N+](=O)[O-]. The predicted octanol–water partition coefficient (Wildman–Crippen LogP) is 1.91. The Labute approximate surface area is 174 Å². The van der Waals surface area contributed by atoms with Crippen LogP contribution in [0.4, 0.5) is 17.1 Å². The first kappa shape index (κ1) is 20.9. The Bertz CT molecular complexity index is 913. The zero-order valence-corrected chi connectivity index (χ0v) is 17.2. The number of ether oxygens (including phenoxy) is 1. The number of piperazine rings is 1. The zero-order valence-electron chi connectivity index (χ0n) is 16.4. The Morgan fingerprint density at radius 3 is 2.62 bits per heavy atom. The van der Waals surface area contributed by atoms with Gasteiger partial charge in [-0.2, -0.15) is 0 Å². The minimum absolute atomic E-state index is 0.121.